The largest absolute Gasteiger partial charge is 0.339 e. The van der Waals surface area contributed by atoms with E-state index in [4.69, 9.17) is 11.6 Å². The molecule has 0 aliphatic carbocycles. The van der Waals surface area contributed by atoms with Gasteiger partial charge in [0, 0.05) is 18.1 Å². The third-order valence-corrected chi connectivity index (χ3v) is 8.13. The van der Waals surface area contributed by atoms with Gasteiger partial charge in [0.25, 0.3) is 15.9 Å². The summed E-state index contributed by atoms with van der Waals surface area (Å²) in [6.45, 7) is 2.74. The van der Waals surface area contributed by atoms with Crippen LogP contribution in [0.1, 0.15) is 35.2 Å². The standard InChI is InChI=1S/C27H28ClN3O4S/c1-20-9-15-23(16-10-20)36(34,35)31(22-13-11-21(28)12-14-22)19-26(32)29-25-8-4-3-7-24(25)27(33)30-17-5-2-6-18-30/h3-4,7-16H,2,5-6,17-19H2,1H3,(H,29,32). The summed E-state index contributed by atoms with van der Waals surface area (Å²) < 4.78 is 28.1. The van der Waals surface area contributed by atoms with Gasteiger partial charge in [-0.1, -0.05) is 41.4 Å². The Labute approximate surface area is 216 Å². The van der Waals surface area contributed by atoms with Crippen LogP contribution in [0, 0.1) is 6.92 Å². The van der Waals surface area contributed by atoms with E-state index in [9.17, 15) is 18.0 Å². The van der Waals surface area contributed by atoms with Crippen LogP contribution in [0.3, 0.4) is 0 Å². The van der Waals surface area contributed by atoms with Gasteiger partial charge in [0.05, 0.1) is 21.8 Å². The molecule has 2 amide bonds. The van der Waals surface area contributed by atoms with E-state index in [1.807, 2.05) is 6.92 Å². The van der Waals surface area contributed by atoms with E-state index in [0.29, 0.717) is 35.1 Å². The lowest BCUT2D eigenvalue weighted by atomic mass is 10.1. The van der Waals surface area contributed by atoms with E-state index in [1.165, 1.54) is 12.1 Å². The molecule has 0 spiro atoms. The molecule has 7 nitrogen and oxygen atoms in total. The van der Waals surface area contributed by atoms with Crippen molar-refractivity contribution < 1.29 is 18.0 Å². The van der Waals surface area contributed by atoms with Gasteiger partial charge in [-0.25, -0.2) is 8.42 Å². The highest BCUT2D eigenvalue weighted by atomic mass is 35.5. The molecular weight excluding hydrogens is 498 g/mol. The van der Waals surface area contributed by atoms with E-state index in [2.05, 4.69) is 5.32 Å². The lowest BCUT2D eigenvalue weighted by molar-refractivity contribution is -0.114. The van der Waals surface area contributed by atoms with Crippen molar-refractivity contribution in [1.29, 1.82) is 0 Å². The number of nitrogens with one attached hydrogen (secondary N) is 1. The predicted molar refractivity (Wildman–Crippen MR) is 142 cm³/mol. The van der Waals surface area contributed by atoms with E-state index in [0.717, 1.165) is 29.1 Å². The maximum absolute atomic E-state index is 13.6. The summed E-state index contributed by atoms with van der Waals surface area (Å²) in [6.07, 6.45) is 3.00. The van der Waals surface area contributed by atoms with Crippen molar-refractivity contribution in [2.24, 2.45) is 0 Å². The average molecular weight is 526 g/mol. The minimum Gasteiger partial charge on any atom is -0.339 e. The van der Waals surface area contributed by atoms with Gasteiger partial charge in [0.15, 0.2) is 0 Å². The second-order valence-corrected chi connectivity index (χ2v) is 11.0. The molecule has 0 aromatic heterocycles. The van der Waals surface area contributed by atoms with Crippen molar-refractivity contribution in [1.82, 2.24) is 4.90 Å². The number of sulfonamides is 1. The number of likely N-dealkylation sites (tertiary alicyclic amines) is 1. The third kappa shape index (κ3) is 5.88. The van der Waals surface area contributed by atoms with Crippen LogP contribution in [-0.2, 0) is 14.8 Å². The number of nitrogens with zero attached hydrogens (tertiary/aromatic N) is 2. The van der Waals surface area contributed by atoms with E-state index >= 15 is 0 Å². The Morgan fingerprint density at radius 2 is 1.56 bits per heavy atom. The number of hydrogen-bond donors (Lipinski definition) is 1. The zero-order valence-electron chi connectivity index (χ0n) is 20.0. The molecule has 1 aliphatic heterocycles. The molecule has 1 heterocycles. The normalized spacial score (nSPS) is 13.8. The Kier molecular flexibility index (Phi) is 7.96. The average Bonchev–Trinajstić information content (AvgIpc) is 2.88. The van der Waals surface area contributed by atoms with Gasteiger partial charge in [-0.3, -0.25) is 13.9 Å². The molecule has 36 heavy (non-hydrogen) atoms. The quantitative estimate of drug-likeness (QED) is 0.464. The molecule has 0 unspecified atom stereocenters. The van der Waals surface area contributed by atoms with Gasteiger partial charge in [0.2, 0.25) is 5.91 Å². The number of rotatable bonds is 7. The summed E-state index contributed by atoms with van der Waals surface area (Å²) in [5, 5.41) is 3.20. The molecule has 3 aromatic rings. The van der Waals surface area contributed by atoms with Crippen molar-refractivity contribution in [3.63, 3.8) is 0 Å². The number of para-hydroxylation sites is 1. The number of carbonyl (C=O) groups is 2. The van der Waals surface area contributed by atoms with Crippen molar-refractivity contribution in [3.05, 3.63) is 88.9 Å². The van der Waals surface area contributed by atoms with Gasteiger partial charge < -0.3 is 10.2 Å². The third-order valence-electron chi connectivity index (χ3n) is 6.09. The summed E-state index contributed by atoms with van der Waals surface area (Å²) in [4.78, 5) is 28.1. The molecule has 188 valence electrons. The fourth-order valence-electron chi connectivity index (χ4n) is 4.13. The first-order chi connectivity index (χ1) is 17.3. The molecule has 4 rings (SSSR count). The van der Waals surface area contributed by atoms with Crippen LogP contribution in [0.2, 0.25) is 5.02 Å². The second-order valence-electron chi connectivity index (χ2n) is 8.75. The molecule has 1 saturated heterocycles. The first kappa shape index (κ1) is 25.7. The highest BCUT2D eigenvalue weighted by Gasteiger charge is 2.28. The molecule has 0 atom stereocenters. The number of carbonyl (C=O) groups excluding carboxylic acids is 2. The Bertz CT molecular complexity index is 1340. The van der Waals surface area contributed by atoms with Crippen molar-refractivity contribution in [2.75, 3.05) is 29.3 Å². The van der Waals surface area contributed by atoms with Gasteiger partial charge in [0.1, 0.15) is 6.54 Å². The van der Waals surface area contributed by atoms with Crippen molar-refractivity contribution in [2.45, 2.75) is 31.1 Å². The fourth-order valence-corrected chi connectivity index (χ4v) is 5.67. The van der Waals surface area contributed by atoms with Crippen LogP contribution in [0.4, 0.5) is 11.4 Å². The molecule has 0 radical (unpaired) electrons. The fraction of sp³-hybridized carbons (Fsp3) is 0.259. The second kappa shape index (κ2) is 11.1. The van der Waals surface area contributed by atoms with Gasteiger partial charge in [-0.15, -0.1) is 0 Å². The SMILES string of the molecule is Cc1ccc(S(=O)(=O)N(CC(=O)Nc2ccccc2C(=O)N2CCCCC2)c2ccc(Cl)cc2)cc1. The van der Waals surface area contributed by atoms with Crippen LogP contribution < -0.4 is 9.62 Å². The predicted octanol–water partition coefficient (Wildman–Crippen LogP) is 5.11. The first-order valence-corrected chi connectivity index (χ1v) is 13.6. The summed E-state index contributed by atoms with van der Waals surface area (Å²) in [5.74, 6) is -0.716. The van der Waals surface area contributed by atoms with Gasteiger partial charge in [-0.05, 0) is 74.7 Å². The van der Waals surface area contributed by atoms with Crippen LogP contribution >= 0.6 is 11.6 Å². The zero-order valence-corrected chi connectivity index (χ0v) is 21.6. The number of halogens is 1. The maximum Gasteiger partial charge on any atom is 0.264 e. The molecule has 0 bridgehead atoms. The van der Waals surface area contributed by atoms with Gasteiger partial charge >= 0.3 is 0 Å². The smallest absolute Gasteiger partial charge is 0.264 e. The molecule has 0 saturated carbocycles. The summed E-state index contributed by atoms with van der Waals surface area (Å²) in [7, 11) is -4.06. The monoisotopic (exact) mass is 525 g/mol. The highest BCUT2D eigenvalue weighted by Crippen LogP contribution is 2.26. The number of piperidine rings is 1. The van der Waals surface area contributed by atoms with E-state index in [1.54, 1.807) is 65.6 Å². The van der Waals surface area contributed by atoms with Crippen LogP contribution in [-0.4, -0.2) is 44.8 Å². The van der Waals surface area contributed by atoms with Crippen LogP contribution in [0.15, 0.2) is 77.7 Å². The minimum absolute atomic E-state index is 0.0662. The number of anilines is 2. The number of benzene rings is 3. The lowest BCUT2D eigenvalue weighted by Gasteiger charge is -2.28. The number of aryl methyl sites for hydroxylation is 1. The molecule has 1 N–H and O–H groups in total. The van der Waals surface area contributed by atoms with Crippen molar-refractivity contribution >= 4 is 44.8 Å². The highest BCUT2D eigenvalue weighted by molar-refractivity contribution is 7.92. The molecule has 9 heteroatoms. The Morgan fingerprint density at radius 1 is 0.917 bits per heavy atom. The van der Waals surface area contributed by atoms with Crippen LogP contribution in [0.25, 0.3) is 0 Å². The van der Waals surface area contributed by atoms with E-state index < -0.39 is 22.5 Å². The Balaban J connectivity index is 1.61. The lowest BCUT2D eigenvalue weighted by Crippen LogP contribution is -2.39. The van der Waals surface area contributed by atoms with Crippen molar-refractivity contribution in [3.8, 4) is 0 Å². The molecular formula is C27H28ClN3O4S. The zero-order chi connectivity index (χ0) is 25.7. The number of hydrogen-bond acceptors (Lipinski definition) is 4. The van der Waals surface area contributed by atoms with E-state index in [-0.39, 0.29) is 10.8 Å². The first-order valence-electron chi connectivity index (χ1n) is 11.8. The molecule has 1 fully saturated rings. The van der Waals surface area contributed by atoms with Crippen LogP contribution in [0.5, 0.6) is 0 Å². The molecule has 3 aromatic carbocycles. The summed E-state index contributed by atoms with van der Waals surface area (Å²) in [6, 6.07) is 19.5. The Morgan fingerprint density at radius 3 is 2.22 bits per heavy atom. The Hall–Kier alpha value is -3.36. The number of amides is 2. The topological polar surface area (TPSA) is 86.8 Å². The minimum atomic E-state index is -4.06. The summed E-state index contributed by atoms with van der Waals surface area (Å²) in [5.41, 5.74) is 1.95. The maximum atomic E-state index is 13.6. The van der Waals surface area contributed by atoms with Gasteiger partial charge in [-0.2, -0.15) is 0 Å². The molecule has 1 aliphatic rings. The summed E-state index contributed by atoms with van der Waals surface area (Å²) >= 11 is 6.01.